The van der Waals surface area contributed by atoms with Crippen LogP contribution in [0.1, 0.15) is 58.8 Å². The monoisotopic (exact) mass is 252 g/mol. The summed E-state index contributed by atoms with van der Waals surface area (Å²) in [5.41, 5.74) is 0. The van der Waals surface area contributed by atoms with Crippen LogP contribution >= 0.6 is 0 Å². The number of likely N-dealkylation sites (tertiary alicyclic amines) is 1. The Morgan fingerprint density at radius 3 is 2.33 bits per heavy atom. The Balaban J connectivity index is 1.42. The topological polar surface area (TPSA) is 15.3 Å². The molecule has 2 aliphatic rings. The highest BCUT2D eigenvalue weighted by Gasteiger charge is 2.35. The van der Waals surface area contributed by atoms with Crippen molar-refractivity contribution in [2.45, 2.75) is 64.8 Å². The quantitative estimate of drug-likeness (QED) is 0.667. The van der Waals surface area contributed by atoms with Crippen molar-refractivity contribution in [2.24, 2.45) is 11.8 Å². The van der Waals surface area contributed by atoms with Crippen molar-refractivity contribution in [3.63, 3.8) is 0 Å². The van der Waals surface area contributed by atoms with Gasteiger partial charge >= 0.3 is 0 Å². The second kappa shape index (κ2) is 7.49. The number of fused-ring (bicyclic) bond motifs is 1. The first-order valence-electron chi connectivity index (χ1n) is 8.21. The Hall–Kier alpha value is -0.0800. The van der Waals surface area contributed by atoms with Crippen LogP contribution in [0.25, 0.3) is 0 Å². The highest BCUT2D eigenvalue weighted by Crippen LogP contribution is 2.37. The van der Waals surface area contributed by atoms with Crippen LogP contribution in [0.15, 0.2) is 0 Å². The number of hydrogen-bond acceptors (Lipinski definition) is 2. The highest BCUT2D eigenvalue weighted by atomic mass is 15.2. The molecule has 2 fully saturated rings. The van der Waals surface area contributed by atoms with Crippen LogP contribution in [0, 0.1) is 11.8 Å². The summed E-state index contributed by atoms with van der Waals surface area (Å²) >= 11 is 0. The van der Waals surface area contributed by atoms with Crippen LogP contribution in [0.2, 0.25) is 0 Å². The van der Waals surface area contributed by atoms with Gasteiger partial charge in [0, 0.05) is 19.1 Å². The molecule has 0 aromatic rings. The molecule has 1 saturated heterocycles. The normalized spacial score (nSPS) is 28.2. The maximum absolute atomic E-state index is 3.49. The molecule has 1 aliphatic carbocycles. The van der Waals surface area contributed by atoms with E-state index in [1.54, 1.807) is 0 Å². The minimum Gasteiger partial charge on any atom is -0.315 e. The van der Waals surface area contributed by atoms with Gasteiger partial charge in [0.15, 0.2) is 0 Å². The third-order valence-electron chi connectivity index (χ3n) is 4.76. The second-order valence-corrected chi connectivity index (χ2v) is 6.73. The molecular formula is C16H32N2. The Kier molecular flexibility index (Phi) is 5.97. The summed E-state index contributed by atoms with van der Waals surface area (Å²) < 4.78 is 0. The van der Waals surface area contributed by atoms with E-state index < -0.39 is 0 Å². The molecule has 2 atom stereocenters. The van der Waals surface area contributed by atoms with Crippen molar-refractivity contribution < 1.29 is 0 Å². The zero-order chi connectivity index (χ0) is 12.8. The van der Waals surface area contributed by atoms with Crippen molar-refractivity contribution >= 4 is 0 Å². The van der Waals surface area contributed by atoms with Crippen molar-refractivity contribution in [3.05, 3.63) is 0 Å². The third-order valence-corrected chi connectivity index (χ3v) is 4.76. The summed E-state index contributed by atoms with van der Waals surface area (Å²) in [7, 11) is 0. The maximum atomic E-state index is 3.49. The fourth-order valence-corrected chi connectivity index (χ4v) is 3.72. The second-order valence-electron chi connectivity index (χ2n) is 6.73. The molecule has 2 rings (SSSR count). The molecule has 2 heteroatoms. The van der Waals surface area contributed by atoms with Gasteiger partial charge in [-0.1, -0.05) is 33.1 Å². The average molecular weight is 252 g/mol. The minimum absolute atomic E-state index is 0.647. The Morgan fingerprint density at radius 1 is 1.00 bits per heavy atom. The summed E-state index contributed by atoms with van der Waals surface area (Å²) in [6, 6.07) is 0.647. The van der Waals surface area contributed by atoms with E-state index in [0.29, 0.717) is 6.04 Å². The first-order valence-corrected chi connectivity index (χ1v) is 8.21. The van der Waals surface area contributed by atoms with Crippen LogP contribution < -0.4 is 5.32 Å². The first kappa shape index (κ1) is 14.3. The van der Waals surface area contributed by atoms with Gasteiger partial charge in [-0.2, -0.15) is 0 Å². The zero-order valence-electron chi connectivity index (χ0n) is 12.5. The lowest BCUT2D eigenvalue weighted by atomic mass is 10.0. The lowest BCUT2D eigenvalue weighted by Crippen LogP contribution is -2.24. The van der Waals surface area contributed by atoms with Gasteiger partial charge in [-0.15, -0.1) is 0 Å². The first-order chi connectivity index (χ1) is 8.75. The molecule has 0 amide bonds. The van der Waals surface area contributed by atoms with E-state index in [0.717, 1.165) is 11.8 Å². The van der Waals surface area contributed by atoms with Crippen LogP contribution in [0.5, 0.6) is 0 Å². The van der Waals surface area contributed by atoms with Crippen molar-refractivity contribution in [3.8, 4) is 0 Å². The van der Waals surface area contributed by atoms with Gasteiger partial charge in [0.1, 0.15) is 0 Å². The molecule has 0 radical (unpaired) electrons. The molecule has 0 spiro atoms. The number of unbranched alkanes of at least 4 members (excludes halogenated alkanes) is 3. The van der Waals surface area contributed by atoms with Gasteiger partial charge in [0.25, 0.3) is 0 Å². The number of hydrogen-bond donors (Lipinski definition) is 1. The summed E-state index contributed by atoms with van der Waals surface area (Å²) in [6.45, 7) is 9.85. The van der Waals surface area contributed by atoms with Crippen LogP contribution in [-0.4, -0.2) is 37.1 Å². The molecule has 1 aliphatic heterocycles. The molecule has 1 heterocycles. The largest absolute Gasteiger partial charge is 0.315 e. The van der Waals surface area contributed by atoms with E-state index in [2.05, 4.69) is 24.1 Å². The lowest BCUT2D eigenvalue weighted by molar-refractivity contribution is 0.302. The van der Waals surface area contributed by atoms with E-state index in [1.807, 2.05) is 0 Å². The zero-order valence-corrected chi connectivity index (χ0v) is 12.5. The fourth-order valence-electron chi connectivity index (χ4n) is 3.72. The summed E-state index contributed by atoms with van der Waals surface area (Å²) in [5.74, 6) is 2.14. The van der Waals surface area contributed by atoms with Gasteiger partial charge in [-0.3, -0.25) is 0 Å². The molecule has 18 heavy (non-hydrogen) atoms. The molecule has 0 bridgehead atoms. The summed E-state index contributed by atoms with van der Waals surface area (Å²) in [4.78, 5) is 2.74. The molecule has 2 unspecified atom stereocenters. The van der Waals surface area contributed by atoms with Crippen molar-refractivity contribution in [1.29, 1.82) is 0 Å². The predicted octanol–water partition coefficient (Wildman–Crippen LogP) is 3.28. The molecule has 0 aromatic heterocycles. The molecule has 0 aromatic carbocycles. The molecule has 106 valence electrons. The molecule has 2 nitrogen and oxygen atoms in total. The molecule has 1 N–H and O–H groups in total. The van der Waals surface area contributed by atoms with Gasteiger partial charge in [-0.25, -0.2) is 0 Å². The molecular weight excluding hydrogens is 220 g/mol. The fraction of sp³-hybridized carbons (Fsp3) is 1.00. The Morgan fingerprint density at radius 2 is 1.67 bits per heavy atom. The van der Waals surface area contributed by atoms with E-state index in [4.69, 9.17) is 0 Å². The Labute approximate surface area is 114 Å². The van der Waals surface area contributed by atoms with E-state index in [1.165, 1.54) is 71.1 Å². The van der Waals surface area contributed by atoms with E-state index >= 15 is 0 Å². The van der Waals surface area contributed by atoms with Crippen molar-refractivity contribution in [2.75, 3.05) is 26.2 Å². The minimum atomic E-state index is 0.647. The maximum Gasteiger partial charge on any atom is 0.00129 e. The number of rotatable bonds is 8. The summed E-state index contributed by atoms with van der Waals surface area (Å²) in [6.07, 6.45) is 10.1. The van der Waals surface area contributed by atoms with Gasteiger partial charge in [0.2, 0.25) is 0 Å². The van der Waals surface area contributed by atoms with E-state index in [9.17, 15) is 0 Å². The van der Waals surface area contributed by atoms with Crippen LogP contribution in [-0.2, 0) is 0 Å². The standard InChI is InChI=1S/C16H32N2/c1-14(2)17-10-5-3-4-6-11-18-12-15-8-7-9-16(15)13-18/h14-17H,3-13H2,1-2H3. The Bertz CT molecular complexity index is 215. The number of nitrogens with zero attached hydrogens (tertiary/aromatic N) is 1. The SMILES string of the molecule is CC(C)NCCCCCCN1CC2CCCC2C1. The van der Waals surface area contributed by atoms with Crippen LogP contribution in [0.4, 0.5) is 0 Å². The number of nitrogens with one attached hydrogen (secondary N) is 1. The third kappa shape index (κ3) is 4.55. The summed E-state index contributed by atoms with van der Waals surface area (Å²) in [5, 5.41) is 3.49. The van der Waals surface area contributed by atoms with Gasteiger partial charge < -0.3 is 10.2 Å². The van der Waals surface area contributed by atoms with Crippen molar-refractivity contribution in [1.82, 2.24) is 10.2 Å². The lowest BCUT2D eigenvalue weighted by Gasteiger charge is -2.16. The predicted molar refractivity (Wildman–Crippen MR) is 78.9 cm³/mol. The smallest absolute Gasteiger partial charge is 0.00129 e. The van der Waals surface area contributed by atoms with Gasteiger partial charge in [-0.05, 0) is 50.6 Å². The van der Waals surface area contributed by atoms with Gasteiger partial charge in [0.05, 0.1) is 0 Å². The molecule has 1 saturated carbocycles. The van der Waals surface area contributed by atoms with Crippen LogP contribution in [0.3, 0.4) is 0 Å². The van der Waals surface area contributed by atoms with E-state index in [-0.39, 0.29) is 0 Å². The average Bonchev–Trinajstić information content (AvgIpc) is 2.87. The highest BCUT2D eigenvalue weighted by molar-refractivity contribution is 4.88.